The summed E-state index contributed by atoms with van der Waals surface area (Å²) in [7, 11) is 1.85. The molecule has 1 amide bonds. The normalized spacial score (nSPS) is 10.5. The lowest BCUT2D eigenvalue weighted by Crippen LogP contribution is -2.16. The van der Waals surface area contributed by atoms with Gasteiger partial charge in [-0.05, 0) is 50.1 Å². The first-order chi connectivity index (χ1) is 8.95. The standard InChI is InChI=1S/C15H19N3O/c1-10-5-6-13(7-11(10)2)16-15(19)9-14-8-12(3)17-18(14)4/h5-8H,9H2,1-4H3,(H,16,19). The molecule has 0 aliphatic heterocycles. The Kier molecular flexibility index (Phi) is 3.69. The molecule has 1 heterocycles. The lowest BCUT2D eigenvalue weighted by atomic mass is 10.1. The van der Waals surface area contributed by atoms with Gasteiger partial charge in [-0.25, -0.2) is 0 Å². The molecule has 19 heavy (non-hydrogen) atoms. The summed E-state index contributed by atoms with van der Waals surface area (Å²) in [5.74, 6) is -0.0220. The van der Waals surface area contributed by atoms with Crippen LogP contribution in [0.1, 0.15) is 22.5 Å². The number of hydrogen-bond donors (Lipinski definition) is 1. The maximum absolute atomic E-state index is 12.0. The van der Waals surface area contributed by atoms with Gasteiger partial charge in [-0.15, -0.1) is 0 Å². The fourth-order valence-corrected chi connectivity index (χ4v) is 2.02. The molecule has 0 aliphatic carbocycles. The Morgan fingerprint density at radius 2 is 1.95 bits per heavy atom. The molecule has 0 spiro atoms. The van der Waals surface area contributed by atoms with Crippen molar-refractivity contribution in [2.75, 3.05) is 5.32 Å². The van der Waals surface area contributed by atoms with Crippen LogP contribution >= 0.6 is 0 Å². The van der Waals surface area contributed by atoms with Crippen molar-refractivity contribution in [2.45, 2.75) is 27.2 Å². The molecule has 2 aromatic rings. The maximum Gasteiger partial charge on any atom is 0.230 e. The minimum absolute atomic E-state index is 0.0220. The van der Waals surface area contributed by atoms with Crippen molar-refractivity contribution < 1.29 is 4.79 Å². The zero-order valence-electron chi connectivity index (χ0n) is 11.8. The van der Waals surface area contributed by atoms with Crippen LogP contribution in [-0.4, -0.2) is 15.7 Å². The van der Waals surface area contributed by atoms with Crippen molar-refractivity contribution in [2.24, 2.45) is 7.05 Å². The van der Waals surface area contributed by atoms with Crippen LogP contribution in [0.4, 0.5) is 5.69 Å². The highest BCUT2D eigenvalue weighted by atomic mass is 16.1. The zero-order valence-corrected chi connectivity index (χ0v) is 11.8. The van der Waals surface area contributed by atoms with Crippen LogP contribution < -0.4 is 5.32 Å². The highest BCUT2D eigenvalue weighted by molar-refractivity contribution is 5.92. The van der Waals surface area contributed by atoms with Crippen LogP contribution in [0.15, 0.2) is 24.3 Å². The van der Waals surface area contributed by atoms with Gasteiger partial charge in [-0.3, -0.25) is 9.48 Å². The van der Waals surface area contributed by atoms with E-state index in [-0.39, 0.29) is 5.91 Å². The molecule has 0 aliphatic rings. The Morgan fingerprint density at radius 1 is 1.21 bits per heavy atom. The van der Waals surface area contributed by atoms with Crippen molar-refractivity contribution in [3.05, 3.63) is 46.8 Å². The number of carbonyl (C=O) groups excluding carboxylic acids is 1. The summed E-state index contributed by atoms with van der Waals surface area (Å²) >= 11 is 0. The second-order valence-electron chi connectivity index (χ2n) is 4.92. The van der Waals surface area contributed by atoms with Crippen molar-refractivity contribution in [3.8, 4) is 0 Å². The number of carbonyl (C=O) groups is 1. The van der Waals surface area contributed by atoms with Gasteiger partial charge in [0.15, 0.2) is 0 Å². The van der Waals surface area contributed by atoms with Crippen molar-refractivity contribution in [1.29, 1.82) is 0 Å². The van der Waals surface area contributed by atoms with Gasteiger partial charge in [0.1, 0.15) is 0 Å². The van der Waals surface area contributed by atoms with Gasteiger partial charge >= 0.3 is 0 Å². The second-order valence-corrected chi connectivity index (χ2v) is 4.92. The Morgan fingerprint density at radius 3 is 2.53 bits per heavy atom. The minimum atomic E-state index is -0.0220. The van der Waals surface area contributed by atoms with E-state index in [1.165, 1.54) is 11.1 Å². The summed E-state index contributed by atoms with van der Waals surface area (Å²) in [5, 5.41) is 7.15. The molecular weight excluding hydrogens is 238 g/mol. The van der Waals surface area contributed by atoms with Gasteiger partial charge in [-0.2, -0.15) is 5.10 Å². The monoisotopic (exact) mass is 257 g/mol. The topological polar surface area (TPSA) is 46.9 Å². The van der Waals surface area contributed by atoms with Crippen LogP contribution in [0.2, 0.25) is 0 Å². The molecule has 0 saturated carbocycles. The van der Waals surface area contributed by atoms with Crippen LogP contribution in [0, 0.1) is 20.8 Å². The third-order valence-corrected chi connectivity index (χ3v) is 3.23. The molecule has 4 heteroatoms. The van der Waals surface area contributed by atoms with E-state index < -0.39 is 0 Å². The molecule has 0 unspecified atom stereocenters. The number of hydrogen-bond acceptors (Lipinski definition) is 2. The number of amides is 1. The van der Waals surface area contributed by atoms with E-state index in [1.807, 2.05) is 45.2 Å². The highest BCUT2D eigenvalue weighted by Gasteiger charge is 2.09. The molecule has 0 fully saturated rings. The fourth-order valence-electron chi connectivity index (χ4n) is 2.02. The lowest BCUT2D eigenvalue weighted by Gasteiger charge is -2.07. The zero-order chi connectivity index (χ0) is 14.0. The van der Waals surface area contributed by atoms with E-state index in [4.69, 9.17) is 0 Å². The van der Waals surface area contributed by atoms with Crippen molar-refractivity contribution >= 4 is 11.6 Å². The van der Waals surface area contributed by atoms with Crippen LogP contribution in [0.25, 0.3) is 0 Å². The van der Waals surface area contributed by atoms with Crippen molar-refractivity contribution in [3.63, 3.8) is 0 Å². The fraction of sp³-hybridized carbons (Fsp3) is 0.333. The van der Waals surface area contributed by atoms with Crippen LogP contribution in [-0.2, 0) is 18.3 Å². The molecule has 1 N–H and O–H groups in total. The molecule has 4 nitrogen and oxygen atoms in total. The number of nitrogens with zero attached hydrogens (tertiary/aromatic N) is 2. The summed E-state index contributed by atoms with van der Waals surface area (Å²) in [6.07, 6.45) is 0.338. The molecule has 1 aromatic heterocycles. The van der Waals surface area contributed by atoms with E-state index >= 15 is 0 Å². The third kappa shape index (κ3) is 3.22. The van der Waals surface area contributed by atoms with Crippen LogP contribution in [0.3, 0.4) is 0 Å². The molecule has 1 aromatic carbocycles. The average Bonchev–Trinajstić information content (AvgIpc) is 2.62. The molecule has 0 saturated heterocycles. The number of rotatable bonds is 3. The van der Waals surface area contributed by atoms with E-state index in [0.717, 1.165) is 17.1 Å². The van der Waals surface area contributed by atoms with Gasteiger partial charge in [0, 0.05) is 18.4 Å². The third-order valence-electron chi connectivity index (χ3n) is 3.23. The predicted octanol–water partition coefficient (Wildman–Crippen LogP) is 2.53. The van der Waals surface area contributed by atoms with E-state index in [2.05, 4.69) is 17.3 Å². The summed E-state index contributed by atoms with van der Waals surface area (Å²) in [5.41, 5.74) is 5.08. The summed E-state index contributed by atoms with van der Waals surface area (Å²) < 4.78 is 1.75. The quantitative estimate of drug-likeness (QED) is 0.918. The Hall–Kier alpha value is -2.10. The van der Waals surface area contributed by atoms with Gasteiger partial charge in [-0.1, -0.05) is 6.07 Å². The van der Waals surface area contributed by atoms with Gasteiger partial charge in [0.05, 0.1) is 12.1 Å². The minimum Gasteiger partial charge on any atom is -0.326 e. The maximum atomic E-state index is 12.0. The molecule has 0 atom stereocenters. The molecule has 0 radical (unpaired) electrons. The first-order valence-corrected chi connectivity index (χ1v) is 6.32. The lowest BCUT2D eigenvalue weighted by molar-refractivity contribution is -0.115. The highest BCUT2D eigenvalue weighted by Crippen LogP contribution is 2.14. The summed E-state index contributed by atoms with van der Waals surface area (Å²) in [6, 6.07) is 7.86. The molecule has 100 valence electrons. The first-order valence-electron chi connectivity index (χ1n) is 6.32. The summed E-state index contributed by atoms with van der Waals surface area (Å²) in [6.45, 7) is 6.01. The molecule has 2 rings (SSSR count). The van der Waals surface area contributed by atoms with Gasteiger partial charge < -0.3 is 5.32 Å². The van der Waals surface area contributed by atoms with E-state index in [0.29, 0.717) is 6.42 Å². The first kappa shape index (κ1) is 13.3. The second kappa shape index (κ2) is 5.26. The molecule has 0 bridgehead atoms. The molecular formula is C15H19N3O. The number of nitrogens with one attached hydrogen (secondary N) is 1. The van der Waals surface area contributed by atoms with Gasteiger partial charge in [0.2, 0.25) is 5.91 Å². The number of anilines is 1. The van der Waals surface area contributed by atoms with Crippen molar-refractivity contribution in [1.82, 2.24) is 9.78 Å². The Labute approximate surface area is 113 Å². The SMILES string of the molecule is Cc1cc(CC(=O)Nc2ccc(C)c(C)c2)n(C)n1. The van der Waals surface area contributed by atoms with E-state index in [9.17, 15) is 4.79 Å². The summed E-state index contributed by atoms with van der Waals surface area (Å²) in [4.78, 5) is 12.0. The number of aryl methyl sites for hydroxylation is 4. The smallest absolute Gasteiger partial charge is 0.230 e. The average molecular weight is 257 g/mol. The van der Waals surface area contributed by atoms with Crippen LogP contribution in [0.5, 0.6) is 0 Å². The largest absolute Gasteiger partial charge is 0.326 e. The Balaban J connectivity index is 2.05. The van der Waals surface area contributed by atoms with Gasteiger partial charge in [0.25, 0.3) is 0 Å². The number of benzene rings is 1. The number of aromatic nitrogens is 2. The predicted molar refractivity (Wildman–Crippen MR) is 76.2 cm³/mol. The van der Waals surface area contributed by atoms with E-state index in [1.54, 1.807) is 4.68 Å². The Bertz CT molecular complexity index is 614.